The maximum absolute atomic E-state index is 10.4. The third-order valence-electron chi connectivity index (χ3n) is 5.54. The molecule has 37 heavy (non-hydrogen) atoms. The maximum Gasteiger partial charge on any atom is 0.157 e. The summed E-state index contributed by atoms with van der Waals surface area (Å²) in [4.78, 5) is 25.2. The Labute approximate surface area is 218 Å². The minimum Gasteiger partial charge on any atom is -0.486 e. The van der Waals surface area contributed by atoms with Crippen molar-refractivity contribution in [2.75, 3.05) is 44.1 Å². The van der Waals surface area contributed by atoms with Crippen molar-refractivity contribution in [3.05, 3.63) is 77.2 Å². The summed E-state index contributed by atoms with van der Waals surface area (Å²) in [6.07, 6.45) is 4.00. The minimum absolute atomic E-state index is 0.0534. The van der Waals surface area contributed by atoms with Crippen molar-refractivity contribution >= 4 is 34.5 Å². The molecule has 0 bridgehead atoms. The lowest BCUT2D eigenvalue weighted by Crippen LogP contribution is -2.08. The Morgan fingerprint density at radius 1 is 0.919 bits per heavy atom. The lowest BCUT2D eigenvalue weighted by atomic mass is 9.96. The first-order valence-electron chi connectivity index (χ1n) is 12.0. The second-order valence-electron chi connectivity index (χ2n) is 9.05. The number of ether oxygens (including phenoxy) is 1. The maximum atomic E-state index is 10.4. The van der Waals surface area contributed by atoms with Gasteiger partial charge in [0.2, 0.25) is 0 Å². The molecule has 0 saturated heterocycles. The molecule has 9 heteroatoms. The molecule has 0 aliphatic carbocycles. The number of anilines is 3. The van der Waals surface area contributed by atoms with Gasteiger partial charge in [0.15, 0.2) is 6.29 Å². The molecule has 4 aromatic rings. The number of carbonyl (C=O) groups is 1. The summed E-state index contributed by atoms with van der Waals surface area (Å²) in [6.45, 7) is 5.47. The molecule has 0 radical (unpaired) electrons. The first kappa shape index (κ1) is 27.3. The molecular weight excluding hydrogens is 466 g/mol. The second kappa shape index (κ2) is 13.2. The Morgan fingerprint density at radius 2 is 1.57 bits per heavy atom. The fraction of sp³-hybridized carbons (Fsp3) is 0.286. The van der Waals surface area contributed by atoms with Gasteiger partial charge < -0.3 is 26.0 Å². The van der Waals surface area contributed by atoms with E-state index in [4.69, 9.17) is 10.5 Å². The molecule has 2 heterocycles. The molecule has 0 saturated carbocycles. The highest BCUT2D eigenvalue weighted by Gasteiger charge is 2.10. The molecule has 2 aromatic carbocycles. The van der Waals surface area contributed by atoms with E-state index in [2.05, 4.69) is 45.5 Å². The second-order valence-corrected chi connectivity index (χ2v) is 9.05. The van der Waals surface area contributed by atoms with Gasteiger partial charge in [-0.1, -0.05) is 12.1 Å². The van der Waals surface area contributed by atoms with Crippen LogP contribution in [0.3, 0.4) is 0 Å². The monoisotopic (exact) mass is 501 g/mol. The van der Waals surface area contributed by atoms with Gasteiger partial charge in [-0.2, -0.15) is 0 Å². The van der Waals surface area contributed by atoms with Crippen LogP contribution in [-0.2, 0) is 17.9 Å². The number of fused-ring (bicyclic) bond motifs is 1. The molecule has 9 nitrogen and oxygen atoms in total. The molecular formula is C28H35N7O2. The Hall–Kier alpha value is -4.24. The molecule has 4 rings (SSSR count). The van der Waals surface area contributed by atoms with E-state index in [-0.39, 0.29) is 6.61 Å². The third kappa shape index (κ3) is 7.88. The van der Waals surface area contributed by atoms with Crippen molar-refractivity contribution in [3.63, 3.8) is 0 Å². The van der Waals surface area contributed by atoms with Gasteiger partial charge in [-0.15, -0.1) is 0 Å². The van der Waals surface area contributed by atoms with Crippen molar-refractivity contribution in [2.24, 2.45) is 0 Å². The van der Waals surface area contributed by atoms with Crippen molar-refractivity contribution in [1.29, 1.82) is 0 Å². The van der Waals surface area contributed by atoms with Crippen LogP contribution in [0, 0.1) is 13.8 Å². The standard InChI is InChI=1S/C25H26N6O2.C3H9N/c1-16-11-21-20(7-8-27-25(21)26)17(2)22(16)14-29-24-12-23(30-15-31-24)28-13-18-3-5-19(6-4-18)33-10-9-32;1-4(2)3/h3-9,11-12,15H,10,13-14H2,1-2H3,(H2,26,27)(H2,28,29,30,31);1-3H3. The molecule has 0 amide bonds. The Balaban J connectivity index is 0.000000886. The molecule has 0 atom stereocenters. The quantitative estimate of drug-likeness (QED) is 0.290. The summed E-state index contributed by atoms with van der Waals surface area (Å²) >= 11 is 0. The Morgan fingerprint density at radius 3 is 2.22 bits per heavy atom. The van der Waals surface area contributed by atoms with Gasteiger partial charge >= 0.3 is 0 Å². The van der Waals surface area contributed by atoms with E-state index in [0.717, 1.165) is 39.8 Å². The predicted molar refractivity (Wildman–Crippen MR) is 150 cm³/mol. The zero-order valence-electron chi connectivity index (χ0n) is 22.1. The molecule has 2 aromatic heterocycles. The predicted octanol–water partition coefficient (Wildman–Crippen LogP) is 4.20. The van der Waals surface area contributed by atoms with Gasteiger partial charge in [-0.25, -0.2) is 15.0 Å². The number of nitrogen functional groups attached to an aromatic ring is 1. The largest absolute Gasteiger partial charge is 0.486 e. The third-order valence-corrected chi connectivity index (χ3v) is 5.54. The molecule has 0 aliphatic rings. The highest BCUT2D eigenvalue weighted by atomic mass is 16.5. The van der Waals surface area contributed by atoms with Crippen molar-refractivity contribution < 1.29 is 9.53 Å². The van der Waals surface area contributed by atoms with E-state index in [1.807, 2.05) is 62.4 Å². The first-order chi connectivity index (χ1) is 17.8. The van der Waals surface area contributed by atoms with E-state index in [1.54, 1.807) is 6.20 Å². The normalized spacial score (nSPS) is 10.5. The zero-order chi connectivity index (χ0) is 26.8. The van der Waals surface area contributed by atoms with Crippen LogP contribution in [0.25, 0.3) is 10.8 Å². The highest BCUT2D eigenvalue weighted by Crippen LogP contribution is 2.28. The first-order valence-corrected chi connectivity index (χ1v) is 12.0. The van der Waals surface area contributed by atoms with E-state index < -0.39 is 0 Å². The van der Waals surface area contributed by atoms with Gasteiger partial charge in [-0.3, -0.25) is 4.79 Å². The van der Waals surface area contributed by atoms with Gasteiger partial charge in [0.05, 0.1) is 0 Å². The number of hydrogen-bond acceptors (Lipinski definition) is 9. The lowest BCUT2D eigenvalue weighted by Gasteiger charge is -2.15. The van der Waals surface area contributed by atoms with Gasteiger partial charge in [0.1, 0.15) is 36.1 Å². The number of rotatable bonds is 9. The Bertz CT molecular complexity index is 1320. The fourth-order valence-corrected chi connectivity index (χ4v) is 3.76. The fourth-order valence-electron chi connectivity index (χ4n) is 3.76. The van der Waals surface area contributed by atoms with Crippen LogP contribution in [-0.4, -0.2) is 53.9 Å². The number of aromatic nitrogens is 3. The number of benzene rings is 2. The number of pyridine rings is 1. The number of aldehydes is 1. The van der Waals surface area contributed by atoms with Crippen LogP contribution in [0.2, 0.25) is 0 Å². The average molecular weight is 502 g/mol. The summed E-state index contributed by atoms with van der Waals surface area (Å²) in [7, 11) is 6.00. The van der Waals surface area contributed by atoms with E-state index in [1.165, 1.54) is 17.5 Å². The number of nitrogens with two attached hydrogens (primary N) is 1. The molecule has 0 fully saturated rings. The van der Waals surface area contributed by atoms with Crippen LogP contribution < -0.4 is 21.1 Å². The number of hydrogen-bond donors (Lipinski definition) is 3. The molecule has 0 unspecified atom stereocenters. The summed E-state index contributed by atoms with van der Waals surface area (Å²) in [5.41, 5.74) is 10.7. The molecule has 194 valence electrons. The van der Waals surface area contributed by atoms with E-state index in [9.17, 15) is 4.79 Å². The highest BCUT2D eigenvalue weighted by molar-refractivity contribution is 5.94. The number of carbonyl (C=O) groups excluding carboxylic acids is 1. The van der Waals surface area contributed by atoms with Gasteiger partial charge in [0.25, 0.3) is 0 Å². The molecule has 0 spiro atoms. The van der Waals surface area contributed by atoms with Crippen LogP contribution in [0.15, 0.2) is 55.0 Å². The van der Waals surface area contributed by atoms with Crippen LogP contribution in [0.4, 0.5) is 17.5 Å². The SMILES string of the molecule is CN(C)C.Cc1cc2c(N)nccc2c(C)c1CNc1cc(NCc2ccc(OCC=O)cc2)ncn1. The van der Waals surface area contributed by atoms with Crippen LogP contribution >= 0.6 is 0 Å². The summed E-state index contributed by atoms with van der Waals surface area (Å²) in [5, 5.41) is 8.80. The molecule has 0 aliphatic heterocycles. The van der Waals surface area contributed by atoms with Crippen LogP contribution in [0.5, 0.6) is 5.75 Å². The van der Waals surface area contributed by atoms with E-state index >= 15 is 0 Å². The summed E-state index contributed by atoms with van der Waals surface area (Å²) in [6, 6.07) is 13.5. The summed E-state index contributed by atoms with van der Waals surface area (Å²) in [5.74, 6) is 2.67. The van der Waals surface area contributed by atoms with Crippen molar-refractivity contribution in [3.8, 4) is 5.75 Å². The number of nitrogens with one attached hydrogen (secondary N) is 2. The topological polar surface area (TPSA) is 118 Å². The van der Waals surface area contributed by atoms with E-state index in [0.29, 0.717) is 24.7 Å². The number of nitrogens with zero attached hydrogens (tertiary/aromatic N) is 4. The van der Waals surface area contributed by atoms with Gasteiger partial charge in [-0.05, 0) is 86.9 Å². The minimum atomic E-state index is 0.0534. The zero-order valence-corrected chi connectivity index (χ0v) is 22.1. The Kier molecular flexibility index (Phi) is 9.74. The summed E-state index contributed by atoms with van der Waals surface area (Å²) < 4.78 is 5.27. The molecule has 4 N–H and O–H groups in total. The van der Waals surface area contributed by atoms with Crippen molar-refractivity contribution in [2.45, 2.75) is 26.9 Å². The van der Waals surface area contributed by atoms with Crippen LogP contribution in [0.1, 0.15) is 22.3 Å². The van der Waals surface area contributed by atoms with Crippen molar-refractivity contribution in [1.82, 2.24) is 19.9 Å². The smallest absolute Gasteiger partial charge is 0.157 e. The lowest BCUT2D eigenvalue weighted by molar-refractivity contribution is -0.109. The van der Waals surface area contributed by atoms with Gasteiger partial charge in [0, 0.05) is 30.7 Å². The number of aryl methyl sites for hydroxylation is 2. The average Bonchev–Trinajstić information content (AvgIpc) is 2.87.